The molecule has 0 aliphatic carbocycles. The van der Waals surface area contributed by atoms with E-state index in [2.05, 4.69) is 11.0 Å². The van der Waals surface area contributed by atoms with Gasteiger partial charge in [0, 0.05) is 31.8 Å². The van der Waals surface area contributed by atoms with E-state index in [4.69, 9.17) is 9.47 Å². The summed E-state index contributed by atoms with van der Waals surface area (Å²) in [5.74, 6) is 0.908. The number of aliphatic hydroxyl groups is 1. The molecule has 4 nitrogen and oxygen atoms in total. The van der Waals surface area contributed by atoms with Gasteiger partial charge in [-0.25, -0.2) is 0 Å². The van der Waals surface area contributed by atoms with Gasteiger partial charge >= 0.3 is 0 Å². The van der Waals surface area contributed by atoms with E-state index in [0.717, 1.165) is 43.9 Å². The van der Waals surface area contributed by atoms with E-state index < -0.39 is 0 Å². The minimum Gasteiger partial charge on any atom is -0.496 e. The number of benzene rings is 1. The largest absolute Gasteiger partial charge is 0.496 e. The third-order valence-corrected chi connectivity index (χ3v) is 4.25. The highest BCUT2D eigenvalue weighted by Crippen LogP contribution is 2.36. The van der Waals surface area contributed by atoms with Gasteiger partial charge in [-0.3, -0.25) is 4.90 Å². The fourth-order valence-electron chi connectivity index (χ4n) is 3.26. The van der Waals surface area contributed by atoms with Gasteiger partial charge in [0.05, 0.1) is 13.2 Å². The Balaban J connectivity index is 1.71. The molecule has 0 saturated carbocycles. The van der Waals surface area contributed by atoms with Crippen LogP contribution in [0.1, 0.15) is 18.4 Å². The Morgan fingerprint density at radius 1 is 1.47 bits per heavy atom. The van der Waals surface area contributed by atoms with E-state index in [1.165, 1.54) is 0 Å². The molecule has 2 aliphatic rings. The number of hydrogen-bond donors (Lipinski definition) is 1. The SMILES string of the molecule is COc1ccccc1CN1C[C@H](O)[C@]2(CCCO2)C1. The van der Waals surface area contributed by atoms with Crippen LogP contribution in [0.3, 0.4) is 0 Å². The lowest BCUT2D eigenvalue weighted by atomic mass is 9.97. The van der Waals surface area contributed by atoms with E-state index in [9.17, 15) is 5.11 Å². The second-order valence-electron chi connectivity index (χ2n) is 5.51. The van der Waals surface area contributed by atoms with Crippen molar-refractivity contribution in [2.45, 2.75) is 31.1 Å². The number of hydrogen-bond acceptors (Lipinski definition) is 4. The summed E-state index contributed by atoms with van der Waals surface area (Å²) in [5.41, 5.74) is 0.842. The number of likely N-dealkylation sites (tertiary alicyclic amines) is 1. The topological polar surface area (TPSA) is 41.9 Å². The molecule has 0 amide bonds. The minimum absolute atomic E-state index is 0.317. The molecular formula is C15H21NO3. The second kappa shape index (κ2) is 5.12. The fourth-order valence-corrected chi connectivity index (χ4v) is 3.26. The first kappa shape index (κ1) is 12.9. The minimum atomic E-state index is -0.371. The van der Waals surface area contributed by atoms with Crippen molar-refractivity contribution in [3.63, 3.8) is 0 Å². The van der Waals surface area contributed by atoms with Crippen LogP contribution in [0.15, 0.2) is 24.3 Å². The molecule has 19 heavy (non-hydrogen) atoms. The molecule has 1 N–H and O–H groups in total. The molecule has 0 bridgehead atoms. The Kier molecular flexibility index (Phi) is 3.48. The Labute approximate surface area is 113 Å². The molecule has 2 aliphatic heterocycles. The van der Waals surface area contributed by atoms with Gasteiger partial charge in [-0.15, -0.1) is 0 Å². The fraction of sp³-hybridized carbons (Fsp3) is 0.600. The van der Waals surface area contributed by atoms with Gasteiger partial charge in [-0.2, -0.15) is 0 Å². The molecular weight excluding hydrogens is 242 g/mol. The molecule has 1 aromatic carbocycles. The maximum Gasteiger partial charge on any atom is 0.123 e. The number of β-amino-alcohol motifs (C(OH)–C–C–N with tert-alkyl or cyclic N) is 1. The highest BCUT2D eigenvalue weighted by atomic mass is 16.5. The lowest BCUT2D eigenvalue weighted by Gasteiger charge is -2.25. The summed E-state index contributed by atoms with van der Waals surface area (Å²) >= 11 is 0. The highest BCUT2D eigenvalue weighted by molar-refractivity contribution is 5.33. The summed E-state index contributed by atoms with van der Waals surface area (Å²) < 4.78 is 11.2. The normalized spacial score (nSPS) is 31.2. The summed E-state index contributed by atoms with van der Waals surface area (Å²) in [7, 11) is 1.69. The molecule has 3 rings (SSSR count). The van der Waals surface area contributed by atoms with Crippen LogP contribution in [0.4, 0.5) is 0 Å². The van der Waals surface area contributed by atoms with Crippen LogP contribution in [0.25, 0.3) is 0 Å². The number of para-hydroxylation sites is 1. The third-order valence-electron chi connectivity index (χ3n) is 4.25. The van der Waals surface area contributed by atoms with E-state index >= 15 is 0 Å². The number of methoxy groups -OCH3 is 1. The summed E-state index contributed by atoms with van der Waals surface area (Å²) in [6, 6.07) is 8.05. The maximum absolute atomic E-state index is 10.3. The first-order valence-electron chi connectivity index (χ1n) is 6.90. The lowest BCUT2D eigenvalue weighted by Crippen LogP contribution is -2.40. The van der Waals surface area contributed by atoms with Crippen molar-refractivity contribution in [1.29, 1.82) is 0 Å². The van der Waals surface area contributed by atoms with Crippen molar-refractivity contribution in [3.8, 4) is 5.75 Å². The summed E-state index contributed by atoms with van der Waals surface area (Å²) in [5, 5.41) is 10.3. The van der Waals surface area contributed by atoms with Crippen LogP contribution in [0, 0.1) is 0 Å². The van der Waals surface area contributed by atoms with Crippen LogP contribution < -0.4 is 4.74 Å². The van der Waals surface area contributed by atoms with Crippen LogP contribution in [-0.2, 0) is 11.3 Å². The van der Waals surface area contributed by atoms with Crippen molar-refractivity contribution < 1.29 is 14.6 Å². The predicted octanol–water partition coefficient (Wildman–Crippen LogP) is 1.42. The molecule has 2 fully saturated rings. The molecule has 1 spiro atoms. The number of rotatable bonds is 3. The Hall–Kier alpha value is -1.10. The zero-order valence-corrected chi connectivity index (χ0v) is 11.3. The van der Waals surface area contributed by atoms with Gasteiger partial charge in [0.2, 0.25) is 0 Å². The first-order valence-corrected chi connectivity index (χ1v) is 6.90. The molecule has 1 aromatic rings. The second-order valence-corrected chi connectivity index (χ2v) is 5.51. The molecule has 2 saturated heterocycles. The van der Waals surface area contributed by atoms with Crippen LogP contribution in [-0.4, -0.2) is 48.5 Å². The lowest BCUT2D eigenvalue weighted by molar-refractivity contribution is -0.0593. The van der Waals surface area contributed by atoms with Gasteiger partial charge in [0.25, 0.3) is 0 Å². The zero-order valence-electron chi connectivity index (χ0n) is 11.3. The van der Waals surface area contributed by atoms with Crippen LogP contribution in [0.2, 0.25) is 0 Å². The van der Waals surface area contributed by atoms with Crippen molar-refractivity contribution in [2.75, 3.05) is 26.8 Å². The highest BCUT2D eigenvalue weighted by Gasteiger charge is 2.48. The Bertz CT molecular complexity index is 443. The van der Waals surface area contributed by atoms with Gasteiger partial charge in [0.1, 0.15) is 11.4 Å². The number of nitrogens with zero attached hydrogens (tertiary/aromatic N) is 1. The number of ether oxygens (including phenoxy) is 2. The molecule has 0 aromatic heterocycles. The molecule has 2 atom stereocenters. The zero-order chi connectivity index (χ0) is 13.3. The summed E-state index contributed by atoms with van der Waals surface area (Å²) in [6.07, 6.45) is 1.65. The van der Waals surface area contributed by atoms with Crippen molar-refractivity contribution in [3.05, 3.63) is 29.8 Å². The standard InChI is InChI=1S/C15H21NO3/c1-18-13-6-3-2-5-12(13)9-16-10-14(17)15(11-16)7-4-8-19-15/h2-3,5-6,14,17H,4,7-11H2,1H3/t14-,15-/m0/s1. The third kappa shape index (κ3) is 2.36. The maximum atomic E-state index is 10.3. The number of aliphatic hydroxyl groups excluding tert-OH is 1. The average molecular weight is 263 g/mol. The Morgan fingerprint density at radius 3 is 3.05 bits per heavy atom. The van der Waals surface area contributed by atoms with Crippen LogP contribution >= 0.6 is 0 Å². The molecule has 2 heterocycles. The monoisotopic (exact) mass is 263 g/mol. The quantitative estimate of drug-likeness (QED) is 0.895. The smallest absolute Gasteiger partial charge is 0.123 e. The molecule has 0 radical (unpaired) electrons. The average Bonchev–Trinajstić information content (AvgIpc) is 3.00. The van der Waals surface area contributed by atoms with Gasteiger partial charge in [-0.1, -0.05) is 18.2 Å². The first-order chi connectivity index (χ1) is 9.23. The van der Waals surface area contributed by atoms with Crippen molar-refractivity contribution in [2.24, 2.45) is 0 Å². The van der Waals surface area contributed by atoms with E-state index in [1.807, 2.05) is 18.2 Å². The predicted molar refractivity (Wildman–Crippen MR) is 72.2 cm³/mol. The molecule has 4 heteroatoms. The van der Waals surface area contributed by atoms with E-state index in [0.29, 0.717) is 6.54 Å². The van der Waals surface area contributed by atoms with Crippen molar-refractivity contribution >= 4 is 0 Å². The molecule has 0 unspecified atom stereocenters. The van der Waals surface area contributed by atoms with E-state index in [1.54, 1.807) is 7.11 Å². The van der Waals surface area contributed by atoms with E-state index in [-0.39, 0.29) is 11.7 Å². The Morgan fingerprint density at radius 2 is 2.32 bits per heavy atom. The van der Waals surface area contributed by atoms with Gasteiger partial charge in [0.15, 0.2) is 0 Å². The van der Waals surface area contributed by atoms with Crippen LogP contribution in [0.5, 0.6) is 5.75 Å². The summed E-state index contributed by atoms with van der Waals surface area (Å²) in [4.78, 5) is 2.26. The van der Waals surface area contributed by atoms with Gasteiger partial charge < -0.3 is 14.6 Å². The van der Waals surface area contributed by atoms with Crippen molar-refractivity contribution in [1.82, 2.24) is 4.90 Å². The summed E-state index contributed by atoms with van der Waals surface area (Å²) in [6.45, 7) is 3.07. The molecule has 104 valence electrons. The van der Waals surface area contributed by atoms with Gasteiger partial charge in [-0.05, 0) is 18.9 Å².